The topological polar surface area (TPSA) is 202 Å². The number of nitrogens with one attached hydrogen (secondary N) is 2. The number of anilines is 1. The highest BCUT2D eigenvalue weighted by molar-refractivity contribution is 7.13. The van der Waals surface area contributed by atoms with Gasteiger partial charge in [0.1, 0.15) is 41.0 Å². The highest BCUT2D eigenvalue weighted by Crippen LogP contribution is 2.41. The third-order valence-electron chi connectivity index (χ3n) is 18.4. The fourth-order valence-electron chi connectivity index (χ4n) is 13.5. The summed E-state index contributed by atoms with van der Waals surface area (Å²) in [6.07, 6.45) is 8.56. The normalized spacial score (nSPS) is 20.3. The van der Waals surface area contributed by atoms with Gasteiger partial charge in [0.25, 0.3) is 0 Å². The minimum Gasteiger partial charge on any atom is -0.508 e. The van der Waals surface area contributed by atoms with Crippen LogP contribution in [0.3, 0.4) is 0 Å². The molecule has 89 heavy (non-hydrogen) atoms. The summed E-state index contributed by atoms with van der Waals surface area (Å²) in [6, 6.07) is 16.9. The van der Waals surface area contributed by atoms with Crippen LogP contribution in [0.4, 0.5) is 15.0 Å². The lowest BCUT2D eigenvalue weighted by Gasteiger charge is -2.42. The van der Waals surface area contributed by atoms with Crippen molar-refractivity contribution in [2.45, 2.75) is 150 Å². The quantitative estimate of drug-likeness (QED) is 0.0728. The minimum atomic E-state index is -0.619. The Labute approximate surface area is 527 Å². The molecular weight excluding hydrogens is 1150 g/mol. The predicted molar refractivity (Wildman–Crippen MR) is 348 cm³/mol. The van der Waals surface area contributed by atoms with Gasteiger partial charge in [-0.1, -0.05) is 70.2 Å². The SMILES string of the molecule is CCc1cccc2cc(O)cc(-c3ncc4c(N5CC6CCC(C5)N6C(=O)OC(C)(C)C)nc(OCCN5CCC(CN6CCN(CC(=O)NC(C(=O)N7CCCC7C)C(C)(C)C)CC6)CC5)nc4c3F)c12.Cc1ncsc1-c1ccc(C(C)NC=O)cc1. The molecule has 0 aliphatic carbocycles. The molecule has 5 aliphatic heterocycles. The van der Waals surface area contributed by atoms with Crippen LogP contribution in [0.1, 0.15) is 124 Å². The number of phenolic OH excluding ortho intramolecular Hbond substituents is 1. The van der Waals surface area contributed by atoms with Crippen LogP contribution in [0.5, 0.6) is 11.8 Å². The van der Waals surface area contributed by atoms with Crippen LogP contribution >= 0.6 is 11.3 Å². The maximum Gasteiger partial charge on any atom is 0.410 e. The molecule has 478 valence electrons. The van der Waals surface area contributed by atoms with Gasteiger partial charge in [0.05, 0.1) is 46.1 Å². The average Bonchev–Trinajstić information content (AvgIpc) is 1.52. The van der Waals surface area contributed by atoms with E-state index in [2.05, 4.69) is 61.2 Å². The molecule has 11 rings (SSSR count). The van der Waals surface area contributed by atoms with Crippen LogP contribution in [0.15, 0.2) is 66.3 Å². The highest BCUT2D eigenvalue weighted by Gasteiger charge is 2.45. The van der Waals surface area contributed by atoms with Crippen molar-refractivity contribution in [3.8, 4) is 33.5 Å². The van der Waals surface area contributed by atoms with Crippen LogP contribution < -0.4 is 20.3 Å². The number of nitrogens with zero attached hydrogens (tertiary/aromatic N) is 10. The van der Waals surface area contributed by atoms with E-state index >= 15 is 4.39 Å². The number of benzene rings is 3. The molecule has 0 saturated carbocycles. The van der Waals surface area contributed by atoms with E-state index in [-0.39, 0.29) is 70.5 Å². The number of ether oxygens (including phenoxy) is 2. The van der Waals surface area contributed by atoms with Crippen molar-refractivity contribution in [1.29, 1.82) is 0 Å². The molecular formula is C68H91FN12O7S. The van der Waals surface area contributed by atoms with E-state index in [1.54, 1.807) is 29.7 Å². The Morgan fingerprint density at radius 2 is 1.58 bits per heavy atom. The number of phenols is 1. The Bertz CT molecular complexity index is 3450. The zero-order valence-corrected chi connectivity index (χ0v) is 54.5. The first-order valence-electron chi connectivity index (χ1n) is 32.0. The summed E-state index contributed by atoms with van der Waals surface area (Å²) >= 11 is 1.64. The molecule has 5 unspecified atom stereocenters. The molecule has 5 fully saturated rings. The second-order valence-corrected chi connectivity index (χ2v) is 27.9. The second-order valence-electron chi connectivity index (χ2n) is 27.0. The van der Waals surface area contributed by atoms with Crippen molar-refractivity contribution in [2.24, 2.45) is 11.3 Å². The number of rotatable bonds is 17. The molecule has 0 spiro atoms. The van der Waals surface area contributed by atoms with Gasteiger partial charge in [-0.3, -0.25) is 34.1 Å². The first-order chi connectivity index (χ1) is 42.5. The molecule has 6 aromatic rings. The lowest BCUT2D eigenvalue weighted by molar-refractivity contribution is -0.140. The lowest BCUT2D eigenvalue weighted by Crippen LogP contribution is -2.57. The molecule has 5 saturated heterocycles. The summed E-state index contributed by atoms with van der Waals surface area (Å²) in [5, 5.41) is 18.7. The number of halogens is 1. The number of carbonyl (C=O) groups excluding carboxylic acids is 4. The van der Waals surface area contributed by atoms with Crippen LogP contribution in [-0.2, 0) is 25.5 Å². The van der Waals surface area contributed by atoms with Crippen molar-refractivity contribution >= 4 is 63.1 Å². The maximum atomic E-state index is 17.3. The van der Waals surface area contributed by atoms with Crippen molar-refractivity contribution < 1.29 is 38.1 Å². The average molecular weight is 1240 g/mol. The van der Waals surface area contributed by atoms with Gasteiger partial charge in [-0.25, -0.2) is 14.2 Å². The standard InChI is InChI=1S/C55H77FN10O6.C13H14N2OS/c1-9-37-13-10-14-38-28-41(67)29-42(45(37)38)47-46(56)48-43(30-57-47)50(64-32-39-15-16-40(33-64)66(39)53(70)72-55(6,7)8)60-52(59-48)71-27-26-61-20-17-36(18-21-61)31-62-22-24-63(25-23-62)34-44(68)58-49(54(3,4)5)51(69)65-19-11-12-35(65)2;1-9(14-7-16)11-3-5-12(6-4-11)13-10(2)15-8-17-13/h10,13-14,28-30,35-36,39-40,49,67H,9,11-12,15-27,31-34H2,1-8H3,(H,58,68);3-9H,1-2H3,(H,14,16). The first kappa shape index (κ1) is 64.9. The van der Waals surface area contributed by atoms with E-state index in [9.17, 15) is 24.3 Å². The number of likely N-dealkylation sites (tertiary alicyclic amines) is 2. The number of fused-ring (bicyclic) bond motifs is 4. The van der Waals surface area contributed by atoms with Gasteiger partial charge in [0, 0.05) is 76.7 Å². The van der Waals surface area contributed by atoms with Crippen LogP contribution in [-0.4, -0.2) is 189 Å². The number of aryl methyl sites for hydroxylation is 2. The van der Waals surface area contributed by atoms with Crippen LogP contribution in [0.25, 0.3) is 43.4 Å². The molecule has 3 aromatic carbocycles. The van der Waals surface area contributed by atoms with E-state index in [1.165, 1.54) is 10.4 Å². The number of hydrogen-bond acceptors (Lipinski definition) is 16. The molecule has 3 N–H and O–H groups in total. The highest BCUT2D eigenvalue weighted by atomic mass is 32.1. The maximum absolute atomic E-state index is 17.3. The smallest absolute Gasteiger partial charge is 0.410 e. The third-order valence-corrected chi connectivity index (χ3v) is 19.4. The number of aromatic nitrogens is 4. The van der Waals surface area contributed by atoms with Gasteiger partial charge >= 0.3 is 12.1 Å². The number of piperazine rings is 2. The number of carbonyl (C=O) groups is 4. The number of thiazole rings is 1. The van der Waals surface area contributed by atoms with Gasteiger partial charge in [-0.05, 0) is 151 Å². The Kier molecular flexibility index (Phi) is 20.4. The molecule has 4 amide bonds. The van der Waals surface area contributed by atoms with Gasteiger partial charge in [0.15, 0.2) is 5.82 Å². The molecule has 0 radical (unpaired) electrons. The Morgan fingerprint density at radius 3 is 2.21 bits per heavy atom. The van der Waals surface area contributed by atoms with Gasteiger partial charge in [-0.15, -0.1) is 11.3 Å². The number of aromatic hydroxyl groups is 1. The fraction of sp³-hybridized carbons (Fsp3) is 0.559. The predicted octanol–water partition coefficient (Wildman–Crippen LogP) is 10.0. The zero-order valence-electron chi connectivity index (χ0n) is 53.7. The summed E-state index contributed by atoms with van der Waals surface area (Å²) in [5.41, 5.74) is 5.87. The number of hydrogen-bond donors (Lipinski definition) is 3. The molecule has 2 bridgehead atoms. The summed E-state index contributed by atoms with van der Waals surface area (Å²) < 4.78 is 29.5. The minimum absolute atomic E-state index is 0.0196. The van der Waals surface area contributed by atoms with Crippen molar-refractivity contribution in [1.82, 2.24) is 55.1 Å². The van der Waals surface area contributed by atoms with Crippen molar-refractivity contribution in [2.75, 3.05) is 90.0 Å². The van der Waals surface area contributed by atoms with Crippen LogP contribution in [0, 0.1) is 24.1 Å². The summed E-state index contributed by atoms with van der Waals surface area (Å²) in [5.74, 6) is 0.436. The lowest BCUT2D eigenvalue weighted by atomic mass is 9.85. The molecule has 19 nitrogen and oxygen atoms in total. The second kappa shape index (κ2) is 28.0. The van der Waals surface area contributed by atoms with Crippen molar-refractivity contribution in [3.63, 3.8) is 0 Å². The molecule has 3 aromatic heterocycles. The Hall–Kier alpha value is -7.07. The Balaban J connectivity index is 0.000000442. The van der Waals surface area contributed by atoms with E-state index in [0.29, 0.717) is 61.9 Å². The van der Waals surface area contributed by atoms with Gasteiger partial charge < -0.3 is 39.9 Å². The monoisotopic (exact) mass is 1240 g/mol. The number of piperidine rings is 1. The number of pyridine rings is 1. The van der Waals surface area contributed by atoms with Gasteiger partial charge in [0.2, 0.25) is 18.2 Å². The molecule has 21 heteroatoms. The van der Waals surface area contributed by atoms with E-state index < -0.39 is 17.5 Å². The fourth-order valence-corrected chi connectivity index (χ4v) is 14.3. The largest absolute Gasteiger partial charge is 0.508 e. The van der Waals surface area contributed by atoms with E-state index in [4.69, 9.17) is 24.4 Å². The van der Waals surface area contributed by atoms with E-state index in [1.807, 2.05) is 101 Å². The van der Waals surface area contributed by atoms with Crippen LogP contribution in [0.2, 0.25) is 0 Å². The zero-order chi connectivity index (χ0) is 63.3. The van der Waals surface area contributed by atoms with E-state index in [0.717, 1.165) is 125 Å². The van der Waals surface area contributed by atoms with Crippen molar-refractivity contribution in [3.05, 3.63) is 88.9 Å². The third kappa shape index (κ3) is 15.4. The molecule has 5 atom stereocenters. The Morgan fingerprint density at radius 1 is 0.876 bits per heavy atom. The molecule has 8 heterocycles. The summed E-state index contributed by atoms with van der Waals surface area (Å²) in [4.78, 5) is 83.5. The van der Waals surface area contributed by atoms with Gasteiger partial charge in [-0.2, -0.15) is 9.97 Å². The summed E-state index contributed by atoms with van der Waals surface area (Å²) in [6.45, 7) is 29.2. The molecule has 5 aliphatic rings. The summed E-state index contributed by atoms with van der Waals surface area (Å²) in [7, 11) is 0. The number of amides is 4. The first-order valence-corrected chi connectivity index (χ1v) is 32.9.